The van der Waals surface area contributed by atoms with Gasteiger partial charge in [-0.3, -0.25) is 4.79 Å². The molecule has 0 saturated heterocycles. The Balaban J connectivity index is 1.90. The van der Waals surface area contributed by atoms with Crippen molar-refractivity contribution < 1.29 is 14.3 Å². The molecule has 0 fully saturated rings. The Morgan fingerprint density at radius 3 is 2.83 bits per heavy atom. The van der Waals surface area contributed by atoms with E-state index in [1.165, 1.54) is 4.88 Å². The molecule has 2 rings (SSSR count). The summed E-state index contributed by atoms with van der Waals surface area (Å²) in [6.45, 7) is 6.93. The van der Waals surface area contributed by atoms with Gasteiger partial charge in [0.2, 0.25) is 0 Å². The number of nitrogens with zero attached hydrogens (tertiary/aromatic N) is 1. The molecule has 1 N–H and O–H groups in total. The first-order valence-electron chi connectivity index (χ1n) is 7.67. The molecule has 1 amide bonds. The van der Waals surface area contributed by atoms with Gasteiger partial charge in [0, 0.05) is 29.9 Å². The third kappa shape index (κ3) is 4.92. The van der Waals surface area contributed by atoms with Crippen LogP contribution in [0.2, 0.25) is 0 Å². The predicted molar refractivity (Wildman–Crippen MR) is 92.4 cm³/mol. The van der Waals surface area contributed by atoms with E-state index in [-0.39, 0.29) is 5.91 Å². The summed E-state index contributed by atoms with van der Waals surface area (Å²) < 4.78 is 12.4. The first-order chi connectivity index (χ1) is 11.1. The predicted octanol–water partition coefficient (Wildman–Crippen LogP) is 2.61. The number of amides is 1. The Morgan fingerprint density at radius 1 is 1.30 bits per heavy atom. The highest BCUT2D eigenvalue weighted by atomic mass is 32.1. The van der Waals surface area contributed by atoms with E-state index in [4.69, 9.17) is 9.47 Å². The lowest BCUT2D eigenvalue weighted by Crippen LogP contribution is -2.28. The molecule has 0 unspecified atom stereocenters. The number of thiophene rings is 1. The Hall–Kier alpha value is -1.63. The van der Waals surface area contributed by atoms with Crippen molar-refractivity contribution in [2.75, 3.05) is 33.5 Å². The standard InChI is InChI=1S/C17H24N2O3S/c1-13-11-16(17(20)18-6-7-22-9-8-21-3)14(2)19(13)12-15-5-4-10-23-15/h4-5,10-11H,6-9,12H2,1-3H3,(H,18,20). The van der Waals surface area contributed by atoms with Gasteiger partial charge in [-0.2, -0.15) is 0 Å². The summed E-state index contributed by atoms with van der Waals surface area (Å²) in [4.78, 5) is 13.6. The summed E-state index contributed by atoms with van der Waals surface area (Å²) in [6, 6.07) is 6.11. The number of nitrogens with one attached hydrogen (secondary N) is 1. The minimum absolute atomic E-state index is 0.0501. The molecule has 5 nitrogen and oxygen atoms in total. The molecule has 23 heavy (non-hydrogen) atoms. The minimum atomic E-state index is -0.0501. The molecule has 0 saturated carbocycles. The van der Waals surface area contributed by atoms with Crippen LogP contribution < -0.4 is 5.32 Å². The van der Waals surface area contributed by atoms with Crippen LogP contribution in [0.15, 0.2) is 23.6 Å². The summed E-state index contributed by atoms with van der Waals surface area (Å²) in [6.07, 6.45) is 0. The molecule has 0 atom stereocenters. The number of aryl methyl sites for hydroxylation is 1. The molecule has 2 aromatic heterocycles. The van der Waals surface area contributed by atoms with Crippen LogP contribution in [0.1, 0.15) is 26.6 Å². The number of ether oxygens (including phenoxy) is 2. The number of hydrogen-bond acceptors (Lipinski definition) is 4. The van der Waals surface area contributed by atoms with Crippen molar-refractivity contribution in [2.45, 2.75) is 20.4 Å². The third-order valence-corrected chi connectivity index (χ3v) is 4.54. The zero-order valence-electron chi connectivity index (χ0n) is 13.9. The number of rotatable bonds is 9. The van der Waals surface area contributed by atoms with Crippen molar-refractivity contribution in [2.24, 2.45) is 0 Å². The topological polar surface area (TPSA) is 52.5 Å². The zero-order valence-corrected chi connectivity index (χ0v) is 14.7. The first-order valence-corrected chi connectivity index (χ1v) is 8.55. The molecule has 2 aromatic rings. The van der Waals surface area contributed by atoms with Crippen LogP contribution in [0, 0.1) is 13.8 Å². The molecule has 0 aromatic carbocycles. The maximum atomic E-state index is 12.3. The Labute approximate surface area is 141 Å². The Morgan fingerprint density at radius 2 is 2.13 bits per heavy atom. The molecule has 0 spiro atoms. The highest BCUT2D eigenvalue weighted by Crippen LogP contribution is 2.19. The van der Waals surface area contributed by atoms with Gasteiger partial charge in [0.15, 0.2) is 0 Å². The molecule has 6 heteroatoms. The molecular formula is C17H24N2O3S. The van der Waals surface area contributed by atoms with Gasteiger partial charge in [-0.1, -0.05) is 6.07 Å². The van der Waals surface area contributed by atoms with E-state index in [1.807, 2.05) is 26.0 Å². The summed E-state index contributed by atoms with van der Waals surface area (Å²) in [5.41, 5.74) is 2.82. The van der Waals surface area contributed by atoms with Crippen molar-refractivity contribution in [1.29, 1.82) is 0 Å². The van der Waals surface area contributed by atoms with Gasteiger partial charge in [-0.15, -0.1) is 11.3 Å². The fraction of sp³-hybridized carbons (Fsp3) is 0.471. The number of carbonyl (C=O) groups excluding carboxylic acids is 1. The van der Waals surface area contributed by atoms with E-state index in [1.54, 1.807) is 18.4 Å². The van der Waals surface area contributed by atoms with Crippen molar-refractivity contribution in [1.82, 2.24) is 9.88 Å². The summed E-state index contributed by atoms with van der Waals surface area (Å²) >= 11 is 1.73. The fourth-order valence-corrected chi connectivity index (χ4v) is 3.10. The average Bonchev–Trinajstić information content (AvgIpc) is 3.14. The largest absolute Gasteiger partial charge is 0.382 e. The van der Waals surface area contributed by atoms with E-state index in [9.17, 15) is 4.79 Å². The summed E-state index contributed by atoms with van der Waals surface area (Å²) in [5, 5.41) is 4.97. The van der Waals surface area contributed by atoms with Crippen LogP contribution in [0.3, 0.4) is 0 Å². The lowest BCUT2D eigenvalue weighted by atomic mass is 10.2. The second kappa shape index (κ2) is 8.86. The van der Waals surface area contributed by atoms with Gasteiger partial charge in [0.05, 0.1) is 31.9 Å². The molecular weight excluding hydrogens is 312 g/mol. The highest BCUT2D eigenvalue weighted by Gasteiger charge is 2.15. The van der Waals surface area contributed by atoms with E-state index in [0.29, 0.717) is 26.4 Å². The lowest BCUT2D eigenvalue weighted by molar-refractivity contribution is 0.0692. The second-order valence-corrected chi connectivity index (χ2v) is 6.34. The van der Waals surface area contributed by atoms with Gasteiger partial charge in [0.1, 0.15) is 0 Å². The van der Waals surface area contributed by atoms with Crippen molar-refractivity contribution in [3.63, 3.8) is 0 Å². The lowest BCUT2D eigenvalue weighted by Gasteiger charge is -2.09. The second-order valence-electron chi connectivity index (χ2n) is 5.31. The molecule has 0 radical (unpaired) electrons. The van der Waals surface area contributed by atoms with Crippen LogP contribution in [0.4, 0.5) is 0 Å². The van der Waals surface area contributed by atoms with Crippen molar-refractivity contribution >= 4 is 17.2 Å². The van der Waals surface area contributed by atoms with Crippen molar-refractivity contribution in [3.05, 3.63) is 45.4 Å². The van der Waals surface area contributed by atoms with E-state index >= 15 is 0 Å². The fourth-order valence-electron chi connectivity index (χ4n) is 2.41. The van der Waals surface area contributed by atoms with E-state index in [0.717, 1.165) is 23.5 Å². The SMILES string of the molecule is COCCOCCNC(=O)c1cc(C)n(Cc2cccs2)c1C. The molecule has 126 valence electrons. The molecule has 2 heterocycles. The monoisotopic (exact) mass is 336 g/mol. The van der Waals surface area contributed by atoms with Crippen LogP contribution in [-0.2, 0) is 16.0 Å². The molecule has 0 aliphatic rings. The van der Waals surface area contributed by atoms with E-state index < -0.39 is 0 Å². The van der Waals surface area contributed by atoms with Crippen molar-refractivity contribution in [3.8, 4) is 0 Å². The quantitative estimate of drug-likeness (QED) is 0.716. The number of methoxy groups -OCH3 is 1. The van der Waals surface area contributed by atoms with E-state index in [2.05, 4.69) is 21.3 Å². The van der Waals surface area contributed by atoms with Gasteiger partial charge in [-0.25, -0.2) is 0 Å². The van der Waals surface area contributed by atoms with Crippen LogP contribution in [0.25, 0.3) is 0 Å². The average molecular weight is 336 g/mol. The third-order valence-electron chi connectivity index (χ3n) is 3.68. The van der Waals surface area contributed by atoms with Crippen LogP contribution in [-0.4, -0.2) is 43.9 Å². The Bertz CT molecular complexity index is 620. The number of carbonyl (C=O) groups is 1. The Kier molecular flexibility index (Phi) is 6.83. The first kappa shape index (κ1) is 17.7. The van der Waals surface area contributed by atoms with Gasteiger partial charge >= 0.3 is 0 Å². The smallest absolute Gasteiger partial charge is 0.253 e. The number of aromatic nitrogens is 1. The maximum Gasteiger partial charge on any atom is 0.253 e. The normalized spacial score (nSPS) is 10.9. The maximum absolute atomic E-state index is 12.3. The summed E-state index contributed by atoms with van der Waals surface area (Å²) in [7, 11) is 1.64. The van der Waals surface area contributed by atoms with Crippen LogP contribution >= 0.6 is 11.3 Å². The molecule has 0 aliphatic carbocycles. The molecule has 0 aliphatic heterocycles. The van der Waals surface area contributed by atoms with Gasteiger partial charge < -0.3 is 19.4 Å². The zero-order chi connectivity index (χ0) is 16.7. The highest BCUT2D eigenvalue weighted by molar-refractivity contribution is 7.09. The minimum Gasteiger partial charge on any atom is -0.382 e. The van der Waals surface area contributed by atoms with Gasteiger partial charge in [0.25, 0.3) is 5.91 Å². The molecule has 0 bridgehead atoms. The van der Waals surface area contributed by atoms with Gasteiger partial charge in [-0.05, 0) is 31.4 Å². The summed E-state index contributed by atoms with van der Waals surface area (Å²) in [5.74, 6) is -0.0501. The van der Waals surface area contributed by atoms with Crippen LogP contribution in [0.5, 0.6) is 0 Å². The number of hydrogen-bond donors (Lipinski definition) is 1.